The molecule has 2 aromatic carbocycles. The molecule has 32 heavy (non-hydrogen) atoms. The summed E-state index contributed by atoms with van der Waals surface area (Å²) >= 11 is 5.88. The number of hydrogen-bond acceptors (Lipinski definition) is 4. The van der Waals surface area contributed by atoms with Gasteiger partial charge in [-0.2, -0.15) is 5.26 Å². The largest absolute Gasteiger partial charge is 0.465 e. The second kappa shape index (κ2) is 10.5. The van der Waals surface area contributed by atoms with Crippen LogP contribution in [0, 0.1) is 24.2 Å². The first-order chi connectivity index (χ1) is 15.3. The third kappa shape index (κ3) is 5.20. The lowest BCUT2D eigenvalue weighted by Gasteiger charge is -2.10. The van der Waals surface area contributed by atoms with Gasteiger partial charge < -0.3 is 9.30 Å². The van der Waals surface area contributed by atoms with Crippen molar-refractivity contribution in [2.24, 2.45) is 5.92 Å². The van der Waals surface area contributed by atoms with Crippen LogP contribution in [0.15, 0.2) is 42.5 Å². The maximum atomic E-state index is 12.6. The van der Waals surface area contributed by atoms with Gasteiger partial charge >= 0.3 is 5.97 Å². The van der Waals surface area contributed by atoms with Crippen molar-refractivity contribution in [2.45, 2.75) is 40.0 Å². The van der Waals surface area contributed by atoms with Crippen LogP contribution in [-0.4, -0.2) is 28.8 Å². The fourth-order valence-corrected chi connectivity index (χ4v) is 3.95. The topological polar surface area (TPSA) is 72.1 Å². The standard InChI is InChI=1S/C26H27ClN2O3/c1-17(2)4-11-25(31)32-13-12-19-7-10-22-23(14-19)29(18(3)26(22)24(30)15-27)21-8-5-20(16-28)6-9-21/h5-10,14,17H,4,11-13,15H2,1-3H3. The first-order valence-corrected chi connectivity index (χ1v) is 11.3. The molecule has 0 atom stereocenters. The van der Waals surface area contributed by atoms with Crippen molar-refractivity contribution < 1.29 is 14.3 Å². The van der Waals surface area contributed by atoms with E-state index in [1.54, 1.807) is 12.1 Å². The fourth-order valence-electron chi connectivity index (χ4n) is 3.81. The van der Waals surface area contributed by atoms with Gasteiger partial charge in [0.1, 0.15) is 0 Å². The Labute approximate surface area is 193 Å². The Morgan fingerprint density at radius 3 is 2.50 bits per heavy atom. The zero-order valence-electron chi connectivity index (χ0n) is 18.7. The Morgan fingerprint density at radius 2 is 1.88 bits per heavy atom. The lowest BCUT2D eigenvalue weighted by atomic mass is 10.0. The van der Waals surface area contributed by atoms with Crippen LogP contribution in [0.1, 0.15) is 53.9 Å². The van der Waals surface area contributed by atoms with E-state index >= 15 is 0 Å². The number of ketones is 1. The van der Waals surface area contributed by atoms with Gasteiger partial charge in [-0.05, 0) is 55.2 Å². The number of halogens is 1. The van der Waals surface area contributed by atoms with Crippen LogP contribution in [-0.2, 0) is 16.0 Å². The lowest BCUT2D eigenvalue weighted by Crippen LogP contribution is -2.08. The number of aromatic nitrogens is 1. The predicted octanol–water partition coefficient (Wildman–Crippen LogP) is 5.75. The molecule has 5 nitrogen and oxygen atoms in total. The molecule has 0 aliphatic heterocycles. The molecule has 1 aromatic heterocycles. The zero-order valence-corrected chi connectivity index (χ0v) is 19.4. The Balaban J connectivity index is 1.93. The van der Waals surface area contributed by atoms with Crippen molar-refractivity contribution >= 4 is 34.3 Å². The van der Waals surface area contributed by atoms with E-state index in [0.717, 1.165) is 34.3 Å². The van der Waals surface area contributed by atoms with Gasteiger partial charge in [0.2, 0.25) is 0 Å². The van der Waals surface area contributed by atoms with Gasteiger partial charge in [-0.3, -0.25) is 9.59 Å². The van der Waals surface area contributed by atoms with Gasteiger partial charge in [-0.25, -0.2) is 0 Å². The van der Waals surface area contributed by atoms with Crippen LogP contribution in [0.3, 0.4) is 0 Å². The SMILES string of the molecule is Cc1c(C(=O)CCl)c2ccc(CCOC(=O)CCC(C)C)cc2n1-c1ccc(C#N)cc1. The van der Waals surface area contributed by atoms with E-state index in [1.807, 2.05) is 41.8 Å². The molecule has 0 radical (unpaired) electrons. The molecule has 0 N–H and O–H groups in total. The summed E-state index contributed by atoms with van der Waals surface area (Å²) in [4.78, 5) is 24.5. The van der Waals surface area contributed by atoms with Crippen LogP contribution in [0.2, 0.25) is 0 Å². The predicted molar refractivity (Wildman–Crippen MR) is 127 cm³/mol. The molecule has 0 saturated heterocycles. The molecule has 0 spiro atoms. The van der Waals surface area contributed by atoms with E-state index in [4.69, 9.17) is 21.6 Å². The minimum Gasteiger partial charge on any atom is -0.465 e. The molecule has 1 heterocycles. The Hall–Kier alpha value is -3.10. The van der Waals surface area contributed by atoms with Gasteiger partial charge in [0, 0.05) is 35.2 Å². The summed E-state index contributed by atoms with van der Waals surface area (Å²) in [5.41, 5.74) is 4.71. The Bertz CT molecular complexity index is 1170. The van der Waals surface area contributed by atoms with Crippen LogP contribution >= 0.6 is 11.6 Å². The number of esters is 1. The maximum Gasteiger partial charge on any atom is 0.305 e. The van der Waals surface area contributed by atoms with Crippen molar-refractivity contribution in [2.75, 3.05) is 12.5 Å². The summed E-state index contributed by atoms with van der Waals surface area (Å²) in [5, 5.41) is 9.93. The second-order valence-corrected chi connectivity index (χ2v) is 8.53. The summed E-state index contributed by atoms with van der Waals surface area (Å²) in [6, 6.07) is 15.3. The number of rotatable bonds is 9. The van der Waals surface area contributed by atoms with E-state index in [0.29, 0.717) is 36.5 Å². The molecule has 166 valence electrons. The number of carbonyl (C=O) groups is 2. The third-order valence-electron chi connectivity index (χ3n) is 5.50. The van der Waals surface area contributed by atoms with Gasteiger partial charge in [0.15, 0.2) is 5.78 Å². The molecule has 0 amide bonds. The van der Waals surface area contributed by atoms with Crippen molar-refractivity contribution in [3.63, 3.8) is 0 Å². The minimum absolute atomic E-state index is 0.0958. The van der Waals surface area contributed by atoms with E-state index in [1.165, 1.54) is 0 Å². The average molecular weight is 451 g/mol. The average Bonchev–Trinajstić information content (AvgIpc) is 3.08. The molecule has 0 saturated carbocycles. The summed E-state index contributed by atoms with van der Waals surface area (Å²) in [7, 11) is 0. The summed E-state index contributed by atoms with van der Waals surface area (Å²) in [5.74, 6) is 0.0644. The number of fused-ring (bicyclic) bond motifs is 1. The Morgan fingerprint density at radius 1 is 1.16 bits per heavy atom. The quantitative estimate of drug-likeness (QED) is 0.236. The number of carbonyl (C=O) groups excluding carboxylic acids is 2. The highest BCUT2D eigenvalue weighted by atomic mass is 35.5. The fraction of sp³-hybridized carbons (Fsp3) is 0.346. The molecule has 0 bridgehead atoms. The van der Waals surface area contributed by atoms with Crippen molar-refractivity contribution in [1.82, 2.24) is 4.57 Å². The number of benzene rings is 2. The van der Waals surface area contributed by atoms with E-state index in [9.17, 15) is 9.59 Å². The zero-order chi connectivity index (χ0) is 23.3. The summed E-state index contributed by atoms with van der Waals surface area (Å²) in [6.07, 6.45) is 1.83. The molecule has 0 aliphatic rings. The second-order valence-electron chi connectivity index (χ2n) is 8.27. The highest BCUT2D eigenvalue weighted by Gasteiger charge is 2.20. The van der Waals surface area contributed by atoms with Gasteiger partial charge in [0.05, 0.1) is 29.6 Å². The van der Waals surface area contributed by atoms with Crippen LogP contribution in [0.4, 0.5) is 0 Å². The number of alkyl halides is 1. The van der Waals surface area contributed by atoms with E-state index < -0.39 is 0 Å². The monoisotopic (exact) mass is 450 g/mol. The molecule has 6 heteroatoms. The Kier molecular flexibility index (Phi) is 7.71. The summed E-state index contributed by atoms with van der Waals surface area (Å²) < 4.78 is 7.39. The highest BCUT2D eigenvalue weighted by molar-refractivity contribution is 6.32. The van der Waals surface area contributed by atoms with Gasteiger partial charge in [-0.1, -0.05) is 26.0 Å². The van der Waals surface area contributed by atoms with Crippen LogP contribution in [0.25, 0.3) is 16.6 Å². The molecular formula is C26H27ClN2O3. The number of nitrogens with zero attached hydrogens (tertiary/aromatic N) is 2. The third-order valence-corrected chi connectivity index (χ3v) is 5.75. The molecular weight excluding hydrogens is 424 g/mol. The van der Waals surface area contributed by atoms with Gasteiger partial charge in [0.25, 0.3) is 0 Å². The van der Waals surface area contributed by atoms with Crippen LogP contribution < -0.4 is 0 Å². The molecule has 3 aromatic rings. The highest BCUT2D eigenvalue weighted by Crippen LogP contribution is 2.31. The van der Waals surface area contributed by atoms with Crippen molar-refractivity contribution in [3.05, 3.63) is 64.8 Å². The van der Waals surface area contributed by atoms with Crippen molar-refractivity contribution in [1.29, 1.82) is 5.26 Å². The van der Waals surface area contributed by atoms with E-state index in [2.05, 4.69) is 19.9 Å². The van der Waals surface area contributed by atoms with Gasteiger partial charge in [-0.15, -0.1) is 11.6 Å². The number of ether oxygens (including phenoxy) is 1. The number of hydrogen-bond donors (Lipinski definition) is 0. The number of nitriles is 1. The lowest BCUT2D eigenvalue weighted by molar-refractivity contribution is -0.143. The minimum atomic E-state index is -0.174. The van der Waals surface area contributed by atoms with Crippen LogP contribution in [0.5, 0.6) is 0 Å². The molecule has 0 aliphatic carbocycles. The number of Topliss-reactive ketones (excluding diaryl/α,β-unsaturated/α-hetero) is 1. The molecule has 0 fully saturated rings. The van der Waals surface area contributed by atoms with Crippen molar-refractivity contribution in [3.8, 4) is 11.8 Å². The normalized spacial score (nSPS) is 11.0. The first kappa shape index (κ1) is 23.6. The van der Waals surface area contributed by atoms with E-state index in [-0.39, 0.29) is 17.6 Å². The maximum absolute atomic E-state index is 12.6. The first-order valence-electron chi connectivity index (χ1n) is 10.7. The smallest absolute Gasteiger partial charge is 0.305 e. The molecule has 0 unspecified atom stereocenters. The summed E-state index contributed by atoms with van der Waals surface area (Å²) in [6.45, 7) is 6.37. The molecule has 3 rings (SSSR count).